The number of nitrogens with zero attached hydrogens (tertiary/aromatic N) is 1. The Morgan fingerprint density at radius 1 is 1.05 bits per heavy atom. The van der Waals surface area contributed by atoms with Crippen molar-refractivity contribution in [3.63, 3.8) is 0 Å². The molecule has 100 valence electrons. The van der Waals surface area contributed by atoms with Crippen LogP contribution in [0.3, 0.4) is 0 Å². The first-order chi connectivity index (χ1) is 9.74. The standard InChI is InChI=1S/C17H14BrNO/c18-14-6-4-12(5-7-14)10-17(20)16-3-1-2-13-11-19-9-8-15(13)16/h1-9,11,17,20H,10H2. The van der Waals surface area contributed by atoms with Gasteiger partial charge in [0.05, 0.1) is 6.10 Å². The molecular weight excluding hydrogens is 314 g/mol. The number of pyridine rings is 1. The maximum absolute atomic E-state index is 10.5. The molecule has 2 aromatic carbocycles. The lowest BCUT2D eigenvalue weighted by Gasteiger charge is -2.14. The minimum atomic E-state index is -0.512. The molecule has 3 heteroatoms. The third-order valence-corrected chi connectivity index (χ3v) is 3.94. The summed E-state index contributed by atoms with van der Waals surface area (Å²) in [6, 6.07) is 16.0. The van der Waals surface area contributed by atoms with E-state index in [1.807, 2.05) is 54.7 Å². The predicted octanol–water partition coefficient (Wildman–Crippen LogP) is 4.27. The molecule has 0 amide bonds. The van der Waals surface area contributed by atoms with Gasteiger partial charge in [-0.1, -0.05) is 46.3 Å². The summed E-state index contributed by atoms with van der Waals surface area (Å²) in [5.74, 6) is 0. The van der Waals surface area contributed by atoms with Crippen LogP contribution in [0.15, 0.2) is 65.4 Å². The summed E-state index contributed by atoms with van der Waals surface area (Å²) >= 11 is 3.42. The van der Waals surface area contributed by atoms with Crippen molar-refractivity contribution in [2.75, 3.05) is 0 Å². The fourth-order valence-electron chi connectivity index (χ4n) is 2.39. The molecule has 0 saturated carbocycles. The summed E-state index contributed by atoms with van der Waals surface area (Å²) in [6.45, 7) is 0. The van der Waals surface area contributed by atoms with Crippen molar-refractivity contribution in [1.82, 2.24) is 4.98 Å². The lowest BCUT2D eigenvalue weighted by atomic mass is 9.97. The van der Waals surface area contributed by atoms with E-state index in [0.717, 1.165) is 26.4 Å². The van der Waals surface area contributed by atoms with E-state index in [1.165, 1.54) is 0 Å². The van der Waals surface area contributed by atoms with Crippen LogP contribution in [-0.2, 0) is 6.42 Å². The van der Waals surface area contributed by atoms with Crippen LogP contribution >= 0.6 is 15.9 Å². The molecular formula is C17H14BrNO. The van der Waals surface area contributed by atoms with Gasteiger partial charge in [-0.05, 0) is 34.7 Å². The predicted molar refractivity (Wildman–Crippen MR) is 84.5 cm³/mol. The van der Waals surface area contributed by atoms with E-state index in [9.17, 15) is 5.11 Å². The highest BCUT2D eigenvalue weighted by Crippen LogP contribution is 2.26. The molecule has 1 atom stereocenters. The first kappa shape index (κ1) is 13.3. The Morgan fingerprint density at radius 2 is 1.85 bits per heavy atom. The van der Waals surface area contributed by atoms with Gasteiger partial charge in [0.25, 0.3) is 0 Å². The van der Waals surface area contributed by atoms with Crippen molar-refractivity contribution >= 4 is 26.7 Å². The van der Waals surface area contributed by atoms with Crippen LogP contribution in [0.25, 0.3) is 10.8 Å². The summed E-state index contributed by atoms with van der Waals surface area (Å²) < 4.78 is 1.05. The maximum Gasteiger partial charge on any atom is 0.0836 e. The number of hydrogen-bond donors (Lipinski definition) is 1. The Balaban J connectivity index is 1.92. The van der Waals surface area contributed by atoms with Crippen molar-refractivity contribution < 1.29 is 5.11 Å². The quantitative estimate of drug-likeness (QED) is 0.779. The minimum Gasteiger partial charge on any atom is -0.388 e. The number of benzene rings is 2. The number of hydrogen-bond acceptors (Lipinski definition) is 2. The molecule has 0 saturated heterocycles. The fraction of sp³-hybridized carbons (Fsp3) is 0.118. The third-order valence-electron chi connectivity index (χ3n) is 3.42. The maximum atomic E-state index is 10.5. The largest absolute Gasteiger partial charge is 0.388 e. The Hall–Kier alpha value is -1.71. The zero-order valence-corrected chi connectivity index (χ0v) is 12.4. The average molecular weight is 328 g/mol. The number of rotatable bonds is 3. The lowest BCUT2D eigenvalue weighted by Crippen LogP contribution is -2.02. The van der Waals surface area contributed by atoms with Gasteiger partial charge in [-0.25, -0.2) is 0 Å². The van der Waals surface area contributed by atoms with Gasteiger partial charge in [-0.2, -0.15) is 0 Å². The molecule has 1 N–H and O–H groups in total. The van der Waals surface area contributed by atoms with E-state index in [1.54, 1.807) is 6.20 Å². The van der Waals surface area contributed by atoms with Gasteiger partial charge < -0.3 is 5.11 Å². The van der Waals surface area contributed by atoms with Gasteiger partial charge in [-0.3, -0.25) is 4.98 Å². The molecule has 0 bridgehead atoms. The lowest BCUT2D eigenvalue weighted by molar-refractivity contribution is 0.180. The van der Waals surface area contributed by atoms with Crippen LogP contribution in [0.5, 0.6) is 0 Å². The molecule has 3 aromatic rings. The second-order valence-corrected chi connectivity index (χ2v) is 5.71. The minimum absolute atomic E-state index is 0.512. The van der Waals surface area contributed by atoms with E-state index < -0.39 is 6.10 Å². The second-order valence-electron chi connectivity index (χ2n) is 4.79. The second kappa shape index (κ2) is 5.73. The van der Waals surface area contributed by atoms with E-state index >= 15 is 0 Å². The molecule has 2 nitrogen and oxygen atoms in total. The Kier molecular flexibility index (Phi) is 3.81. The zero-order valence-electron chi connectivity index (χ0n) is 10.8. The van der Waals surface area contributed by atoms with E-state index in [4.69, 9.17) is 0 Å². The number of aliphatic hydroxyl groups is 1. The van der Waals surface area contributed by atoms with Gasteiger partial charge >= 0.3 is 0 Å². The van der Waals surface area contributed by atoms with Gasteiger partial charge in [0.2, 0.25) is 0 Å². The average Bonchev–Trinajstić information content (AvgIpc) is 2.49. The highest BCUT2D eigenvalue weighted by Gasteiger charge is 2.11. The normalized spacial score (nSPS) is 12.5. The Labute approximate surface area is 126 Å². The Bertz CT molecular complexity index is 719. The van der Waals surface area contributed by atoms with Gasteiger partial charge in [0.15, 0.2) is 0 Å². The molecule has 0 fully saturated rings. The molecule has 0 aliphatic rings. The van der Waals surface area contributed by atoms with Crippen molar-refractivity contribution in [1.29, 1.82) is 0 Å². The molecule has 0 radical (unpaired) electrons. The molecule has 3 rings (SSSR count). The molecule has 1 aromatic heterocycles. The molecule has 1 unspecified atom stereocenters. The van der Waals surface area contributed by atoms with Crippen molar-refractivity contribution in [3.8, 4) is 0 Å². The first-order valence-electron chi connectivity index (χ1n) is 6.49. The van der Waals surface area contributed by atoms with Crippen LogP contribution in [-0.4, -0.2) is 10.1 Å². The summed E-state index contributed by atoms with van der Waals surface area (Å²) in [4.78, 5) is 4.12. The molecule has 1 heterocycles. The summed E-state index contributed by atoms with van der Waals surface area (Å²) in [5.41, 5.74) is 2.07. The number of aliphatic hydroxyl groups excluding tert-OH is 1. The molecule has 0 aliphatic carbocycles. The van der Waals surface area contributed by atoms with Crippen LogP contribution < -0.4 is 0 Å². The highest BCUT2D eigenvalue weighted by atomic mass is 79.9. The first-order valence-corrected chi connectivity index (χ1v) is 7.28. The molecule has 20 heavy (non-hydrogen) atoms. The summed E-state index contributed by atoms with van der Waals surface area (Å²) in [5, 5.41) is 12.6. The van der Waals surface area contributed by atoms with E-state index in [0.29, 0.717) is 6.42 Å². The van der Waals surface area contributed by atoms with Crippen LogP contribution in [0.1, 0.15) is 17.2 Å². The third kappa shape index (κ3) is 2.74. The number of aromatic nitrogens is 1. The Morgan fingerprint density at radius 3 is 2.65 bits per heavy atom. The SMILES string of the molecule is OC(Cc1ccc(Br)cc1)c1cccc2cnccc12. The van der Waals surface area contributed by atoms with Crippen molar-refractivity contribution in [2.24, 2.45) is 0 Å². The van der Waals surface area contributed by atoms with Gasteiger partial charge in [-0.15, -0.1) is 0 Å². The topological polar surface area (TPSA) is 33.1 Å². The summed E-state index contributed by atoms with van der Waals surface area (Å²) in [7, 11) is 0. The smallest absolute Gasteiger partial charge is 0.0836 e. The van der Waals surface area contributed by atoms with E-state index in [-0.39, 0.29) is 0 Å². The van der Waals surface area contributed by atoms with Crippen LogP contribution in [0.2, 0.25) is 0 Å². The molecule has 0 aliphatic heterocycles. The number of halogens is 1. The van der Waals surface area contributed by atoms with E-state index in [2.05, 4.69) is 20.9 Å². The van der Waals surface area contributed by atoms with Crippen LogP contribution in [0, 0.1) is 0 Å². The van der Waals surface area contributed by atoms with Crippen LogP contribution in [0.4, 0.5) is 0 Å². The van der Waals surface area contributed by atoms with Gasteiger partial charge in [0, 0.05) is 28.7 Å². The fourth-order valence-corrected chi connectivity index (χ4v) is 2.66. The van der Waals surface area contributed by atoms with Gasteiger partial charge in [0.1, 0.15) is 0 Å². The monoisotopic (exact) mass is 327 g/mol. The van der Waals surface area contributed by atoms with Crippen molar-refractivity contribution in [2.45, 2.75) is 12.5 Å². The molecule has 0 spiro atoms. The zero-order chi connectivity index (χ0) is 13.9. The van der Waals surface area contributed by atoms with Crippen molar-refractivity contribution in [3.05, 3.63) is 76.5 Å². The highest BCUT2D eigenvalue weighted by molar-refractivity contribution is 9.10. The number of fused-ring (bicyclic) bond motifs is 1. The summed E-state index contributed by atoms with van der Waals surface area (Å²) in [6.07, 6.45) is 3.68.